The summed E-state index contributed by atoms with van der Waals surface area (Å²) in [4.78, 5) is 4.15. The summed E-state index contributed by atoms with van der Waals surface area (Å²) in [5, 5.41) is 0. The van der Waals surface area contributed by atoms with Gasteiger partial charge in [-0.1, -0.05) is 54.4 Å². The maximum atomic E-state index is 4.15. The van der Waals surface area contributed by atoms with Crippen LogP contribution < -0.4 is 0 Å². The highest BCUT2D eigenvalue weighted by molar-refractivity contribution is 5.19. The first-order valence-corrected chi connectivity index (χ1v) is 7.22. The summed E-state index contributed by atoms with van der Waals surface area (Å²) in [6.07, 6.45) is 7.53. The largest absolute Gasteiger partial charge is 0.265 e. The molecule has 1 heteroatoms. The highest BCUT2D eigenvalue weighted by Crippen LogP contribution is 2.45. The van der Waals surface area contributed by atoms with Crippen LogP contribution >= 0.6 is 0 Å². The third-order valence-electron chi connectivity index (χ3n) is 4.68. The topological polar surface area (TPSA) is 12.9 Å². The van der Waals surface area contributed by atoms with Crippen molar-refractivity contribution >= 4 is 0 Å². The lowest BCUT2D eigenvalue weighted by Gasteiger charge is -2.39. The average molecular weight is 247 g/mol. The van der Waals surface area contributed by atoms with Gasteiger partial charge in [0.1, 0.15) is 0 Å². The Morgan fingerprint density at radius 1 is 1.00 bits per heavy atom. The molecule has 1 atom stereocenters. The fourth-order valence-electron chi connectivity index (χ4n) is 2.38. The van der Waals surface area contributed by atoms with Crippen LogP contribution in [0.4, 0.5) is 0 Å². The summed E-state index contributed by atoms with van der Waals surface area (Å²) in [5.41, 5.74) is 2.19. The lowest BCUT2D eigenvalue weighted by Crippen LogP contribution is -2.27. The molecule has 0 saturated heterocycles. The normalized spacial score (nSPS) is 14.6. The van der Waals surface area contributed by atoms with Gasteiger partial charge in [-0.05, 0) is 40.9 Å². The van der Waals surface area contributed by atoms with E-state index in [-0.39, 0.29) is 0 Å². The Bertz CT molecular complexity index is 351. The highest BCUT2D eigenvalue weighted by Gasteiger charge is 2.33. The number of pyridine rings is 1. The van der Waals surface area contributed by atoms with Crippen molar-refractivity contribution in [1.29, 1.82) is 0 Å². The van der Waals surface area contributed by atoms with E-state index in [2.05, 4.69) is 58.7 Å². The van der Waals surface area contributed by atoms with Gasteiger partial charge in [-0.2, -0.15) is 0 Å². The van der Waals surface area contributed by atoms with Crippen LogP contribution in [-0.2, 0) is 0 Å². The lowest BCUT2D eigenvalue weighted by atomic mass is 9.66. The van der Waals surface area contributed by atoms with Crippen molar-refractivity contribution in [1.82, 2.24) is 4.98 Å². The van der Waals surface area contributed by atoms with E-state index in [1.807, 2.05) is 12.4 Å². The number of hydrogen-bond donors (Lipinski definition) is 0. The van der Waals surface area contributed by atoms with Gasteiger partial charge < -0.3 is 0 Å². The van der Waals surface area contributed by atoms with E-state index >= 15 is 0 Å². The van der Waals surface area contributed by atoms with Crippen LogP contribution in [0.3, 0.4) is 0 Å². The van der Waals surface area contributed by atoms with Gasteiger partial charge in [-0.3, -0.25) is 4.98 Å². The fraction of sp³-hybridized carbons (Fsp3) is 0.706. The summed E-state index contributed by atoms with van der Waals surface area (Å²) in [5.74, 6) is 0.612. The van der Waals surface area contributed by atoms with Crippen molar-refractivity contribution in [3.05, 3.63) is 30.1 Å². The average Bonchev–Trinajstić information content (AvgIpc) is 2.37. The van der Waals surface area contributed by atoms with E-state index in [1.54, 1.807) is 0 Å². The molecule has 0 spiro atoms. The summed E-state index contributed by atoms with van der Waals surface area (Å²) in [6, 6.07) is 4.38. The van der Waals surface area contributed by atoms with Crippen LogP contribution in [0.25, 0.3) is 0 Å². The summed E-state index contributed by atoms with van der Waals surface area (Å²) < 4.78 is 0. The fourth-order valence-corrected chi connectivity index (χ4v) is 2.38. The van der Waals surface area contributed by atoms with Crippen molar-refractivity contribution in [3.8, 4) is 0 Å². The van der Waals surface area contributed by atoms with E-state index in [0.717, 1.165) is 0 Å². The molecule has 1 rings (SSSR count). The molecule has 0 radical (unpaired) electrons. The van der Waals surface area contributed by atoms with E-state index in [4.69, 9.17) is 0 Å². The third-order valence-corrected chi connectivity index (χ3v) is 4.68. The van der Waals surface area contributed by atoms with Crippen molar-refractivity contribution in [2.75, 3.05) is 0 Å². The second-order valence-corrected chi connectivity index (χ2v) is 6.90. The molecule has 0 bridgehead atoms. The van der Waals surface area contributed by atoms with E-state index in [1.165, 1.54) is 24.8 Å². The molecule has 0 saturated carbocycles. The van der Waals surface area contributed by atoms with Crippen molar-refractivity contribution in [2.45, 2.75) is 66.7 Å². The van der Waals surface area contributed by atoms with E-state index in [9.17, 15) is 0 Å². The van der Waals surface area contributed by atoms with Crippen LogP contribution in [0.5, 0.6) is 0 Å². The Labute approximate surface area is 113 Å². The van der Waals surface area contributed by atoms with Crippen LogP contribution in [0.2, 0.25) is 0 Å². The van der Waals surface area contributed by atoms with E-state index in [0.29, 0.717) is 16.7 Å². The Morgan fingerprint density at radius 3 is 2.00 bits per heavy atom. The number of nitrogens with zero attached hydrogens (tertiary/aromatic N) is 1. The van der Waals surface area contributed by atoms with Gasteiger partial charge in [0.05, 0.1) is 0 Å². The second kappa shape index (κ2) is 5.86. The van der Waals surface area contributed by atoms with Crippen LogP contribution in [0, 0.1) is 10.8 Å². The molecule has 0 aliphatic carbocycles. The third kappa shape index (κ3) is 3.83. The molecule has 1 heterocycles. The summed E-state index contributed by atoms with van der Waals surface area (Å²) in [7, 11) is 0. The Morgan fingerprint density at radius 2 is 1.56 bits per heavy atom. The van der Waals surface area contributed by atoms with E-state index < -0.39 is 0 Å². The van der Waals surface area contributed by atoms with Gasteiger partial charge in [0.15, 0.2) is 0 Å². The van der Waals surface area contributed by atoms with Gasteiger partial charge in [0, 0.05) is 12.4 Å². The van der Waals surface area contributed by atoms with Crippen LogP contribution in [-0.4, -0.2) is 4.98 Å². The maximum absolute atomic E-state index is 4.15. The second-order valence-electron chi connectivity index (χ2n) is 6.90. The van der Waals surface area contributed by atoms with Gasteiger partial charge in [-0.25, -0.2) is 0 Å². The Kier molecular flexibility index (Phi) is 4.95. The first-order valence-electron chi connectivity index (χ1n) is 7.22. The molecule has 0 aliphatic rings. The molecule has 102 valence electrons. The van der Waals surface area contributed by atoms with Gasteiger partial charge >= 0.3 is 0 Å². The molecule has 1 nitrogen and oxygen atoms in total. The molecule has 1 aromatic rings. The summed E-state index contributed by atoms with van der Waals surface area (Å²) in [6.45, 7) is 14.1. The zero-order valence-electron chi connectivity index (χ0n) is 13.0. The molecule has 0 aliphatic heterocycles. The summed E-state index contributed by atoms with van der Waals surface area (Å²) >= 11 is 0. The zero-order valence-corrected chi connectivity index (χ0v) is 13.0. The maximum Gasteiger partial charge on any atom is 0.0270 e. The van der Waals surface area contributed by atoms with Crippen molar-refractivity contribution < 1.29 is 0 Å². The van der Waals surface area contributed by atoms with Gasteiger partial charge in [-0.15, -0.1) is 0 Å². The Balaban J connectivity index is 3.04. The molecule has 1 aromatic heterocycles. The molecule has 18 heavy (non-hydrogen) atoms. The molecule has 0 aromatic carbocycles. The SMILES string of the molecule is CCC(C)(C)CC(c1ccncc1)C(C)(C)CC. The first-order chi connectivity index (χ1) is 8.32. The molecular formula is C17H29N. The molecule has 1 unspecified atom stereocenters. The van der Waals surface area contributed by atoms with Crippen molar-refractivity contribution in [2.24, 2.45) is 10.8 Å². The van der Waals surface area contributed by atoms with Gasteiger partial charge in [0.2, 0.25) is 0 Å². The lowest BCUT2D eigenvalue weighted by molar-refractivity contribution is 0.188. The predicted molar refractivity (Wildman–Crippen MR) is 79.7 cm³/mol. The molecule has 0 N–H and O–H groups in total. The monoisotopic (exact) mass is 247 g/mol. The van der Waals surface area contributed by atoms with Crippen molar-refractivity contribution in [3.63, 3.8) is 0 Å². The minimum absolute atomic E-state index is 0.341. The van der Waals surface area contributed by atoms with Gasteiger partial charge in [0.25, 0.3) is 0 Å². The number of aromatic nitrogens is 1. The highest BCUT2D eigenvalue weighted by atomic mass is 14.6. The minimum atomic E-state index is 0.341. The minimum Gasteiger partial charge on any atom is -0.265 e. The quantitative estimate of drug-likeness (QED) is 0.653. The Hall–Kier alpha value is -0.850. The van der Waals surface area contributed by atoms with Crippen LogP contribution in [0.15, 0.2) is 24.5 Å². The molecular weight excluding hydrogens is 218 g/mol. The first kappa shape index (κ1) is 15.2. The zero-order chi connectivity index (χ0) is 13.8. The molecule has 0 fully saturated rings. The standard InChI is InChI=1S/C17H29N/c1-7-16(3,4)13-15(17(5,6)8-2)14-9-11-18-12-10-14/h9-12,15H,7-8,13H2,1-6H3. The number of rotatable bonds is 6. The van der Waals surface area contributed by atoms with Crippen LogP contribution in [0.1, 0.15) is 72.3 Å². The molecule has 0 amide bonds. The predicted octanol–water partition coefficient (Wildman–Crippen LogP) is 5.43. The number of hydrogen-bond acceptors (Lipinski definition) is 1. The smallest absolute Gasteiger partial charge is 0.0270 e.